The number of aryl methyl sites for hydroxylation is 1. The van der Waals surface area contributed by atoms with Gasteiger partial charge in [-0.1, -0.05) is 31.5 Å². The van der Waals surface area contributed by atoms with Gasteiger partial charge in [0.05, 0.1) is 12.4 Å². The summed E-state index contributed by atoms with van der Waals surface area (Å²) in [5.74, 6) is 1.47. The van der Waals surface area contributed by atoms with E-state index in [2.05, 4.69) is 18.9 Å². The molecule has 0 spiro atoms. The van der Waals surface area contributed by atoms with Crippen LogP contribution < -0.4 is 10.5 Å². The van der Waals surface area contributed by atoms with Gasteiger partial charge in [-0.3, -0.25) is 4.68 Å². The molecule has 0 saturated heterocycles. The zero-order valence-corrected chi connectivity index (χ0v) is 13.3. The monoisotopic (exact) mass is 307 g/mol. The van der Waals surface area contributed by atoms with Crippen molar-refractivity contribution in [3.05, 3.63) is 41.2 Å². The van der Waals surface area contributed by atoms with E-state index in [9.17, 15) is 0 Å². The largest absolute Gasteiger partial charge is 0.454 e. The fourth-order valence-electron chi connectivity index (χ4n) is 2.11. The Kier molecular flexibility index (Phi) is 5.65. The molecule has 0 aliphatic rings. The second-order valence-corrected chi connectivity index (χ2v) is 5.54. The van der Waals surface area contributed by atoms with Crippen LogP contribution in [0.4, 0.5) is 0 Å². The maximum atomic E-state index is 6.30. The third-order valence-corrected chi connectivity index (χ3v) is 3.71. The van der Waals surface area contributed by atoms with E-state index in [1.54, 1.807) is 6.20 Å². The molecule has 114 valence electrons. The molecule has 0 radical (unpaired) electrons. The SMILES string of the molecule is CCCn1cc(Oc2cccc(Cl)c2CC(N)CC)cn1. The van der Waals surface area contributed by atoms with Crippen LogP contribution in [-0.2, 0) is 13.0 Å². The molecule has 1 unspecified atom stereocenters. The predicted octanol–water partition coefficient (Wildman–Crippen LogP) is 4.02. The minimum Gasteiger partial charge on any atom is -0.454 e. The third-order valence-electron chi connectivity index (χ3n) is 3.36. The van der Waals surface area contributed by atoms with Crippen molar-refractivity contribution in [1.29, 1.82) is 0 Å². The van der Waals surface area contributed by atoms with Crippen LogP contribution in [-0.4, -0.2) is 15.8 Å². The van der Waals surface area contributed by atoms with Gasteiger partial charge in [-0.25, -0.2) is 0 Å². The number of nitrogens with two attached hydrogens (primary N) is 1. The molecule has 2 rings (SSSR count). The highest BCUT2D eigenvalue weighted by atomic mass is 35.5. The first-order chi connectivity index (χ1) is 10.1. The lowest BCUT2D eigenvalue weighted by atomic mass is 10.0. The van der Waals surface area contributed by atoms with Crippen molar-refractivity contribution in [3.8, 4) is 11.5 Å². The minimum absolute atomic E-state index is 0.0788. The Labute approximate surface area is 130 Å². The fourth-order valence-corrected chi connectivity index (χ4v) is 2.36. The number of aromatic nitrogens is 2. The number of rotatable bonds is 7. The normalized spacial score (nSPS) is 12.4. The lowest BCUT2D eigenvalue weighted by molar-refractivity contribution is 0.470. The van der Waals surface area contributed by atoms with Crippen LogP contribution in [0.3, 0.4) is 0 Å². The summed E-state index contributed by atoms with van der Waals surface area (Å²) >= 11 is 6.30. The van der Waals surface area contributed by atoms with Crippen LogP contribution >= 0.6 is 11.6 Å². The molecule has 2 aromatic rings. The molecular weight excluding hydrogens is 286 g/mol. The zero-order valence-electron chi connectivity index (χ0n) is 12.6. The topological polar surface area (TPSA) is 53.1 Å². The van der Waals surface area contributed by atoms with Gasteiger partial charge >= 0.3 is 0 Å². The Morgan fingerprint density at radius 3 is 2.90 bits per heavy atom. The van der Waals surface area contributed by atoms with Gasteiger partial charge in [0.1, 0.15) is 5.75 Å². The van der Waals surface area contributed by atoms with Crippen LogP contribution in [0.2, 0.25) is 5.02 Å². The van der Waals surface area contributed by atoms with Gasteiger partial charge in [0, 0.05) is 23.2 Å². The predicted molar refractivity (Wildman–Crippen MR) is 86.0 cm³/mol. The Morgan fingerprint density at radius 2 is 2.19 bits per heavy atom. The average molecular weight is 308 g/mol. The van der Waals surface area contributed by atoms with Crippen molar-refractivity contribution < 1.29 is 4.74 Å². The molecule has 2 N–H and O–H groups in total. The third kappa shape index (κ3) is 4.22. The van der Waals surface area contributed by atoms with E-state index in [-0.39, 0.29) is 6.04 Å². The first kappa shape index (κ1) is 15.9. The molecule has 4 nitrogen and oxygen atoms in total. The fraction of sp³-hybridized carbons (Fsp3) is 0.438. The zero-order chi connectivity index (χ0) is 15.2. The number of hydrogen-bond acceptors (Lipinski definition) is 3. The second kappa shape index (κ2) is 7.48. The van der Waals surface area contributed by atoms with Crippen molar-refractivity contribution in [1.82, 2.24) is 9.78 Å². The van der Waals surface area contributed by atoms with E-state index in [1.165, 1.54) is 0 Å². The Morgan fingerprint density at radius 1 is 1.38 bits per heavy atom. The van der Waals surface area contributed by atoms with Gasteiger partial charge in [0.15, 0.2) is 5.75 Å². The number of halogens is 1. The van der Waals surface area contributed by atoms with Gasteiger partial charge in [-0.05, 0) is 31.4 Å². The van der Waals surface area contributed by atoms with E-state index in [1.807, 2.05) is 29.1 Å². The maximum Gasteiger partial charge on any atom is 0.165 e. The minimum atomic E-state index is 0.0788. The summed E-state index contributed by atoms with van der Waals surface area (Å²) in [6, 6.07) is 5.75. The molecular formula is C16H22ClN3O. The summed E-state index contributed by atoms with van der Waals surface area (Å²) in [7, 11) is 0. The van der Waals surface area contributed by atoms with Gasteiger partial charge in [0.25, 0.3) is 0 Å². The highest BCUT2D eigenvalue weighted by molar-refractivity contribution is 6.31. The van der Waals surface area contributed by atoms with Crippen molar-refractivity contribution in [2.45, 2.75) is 45.7 Å². The number of benzene rings is 1. The Balaban J connectivity index is 2.20. The van der Waals surface area contributed by atoms with Crippen LogP contribution in [0.25, 0.3) is 0 Å². The molecule has 21 heavy (non-hydrogen) atoms. The number of hydrogen-bond donors (Lipinski definition) is 1. The van der Waals surface area contributed by atoms with Gasteiger partial charge in [-0.15, -0.1) is 0 Å². The number of ether oxygens (including phenoxy) is 1. The van der Waals surface area contributed by atoms with Crippen molar-refractivity contribution >= 4 is 11.6 Å². The summed E-state index contributed by atoms with van der Waals surface area (Å²) in [6.07, 6.45) is 6.26. The van der Waals surface area contributed by atoms with E-state index >= 15 is 0 Å². The maximum absolute atomic E-state index is 6.30. The highest BCUT2D eigenvalue weighted by Crippen LogP contribution is 2.31. The van der Waals surface area contributed by atoms with Gasteiger partial charge < -0.3 is 10.5 Å². The van der Waals surface area contributed by atoms with Crippen LogP contribution in [0.1, 0.15) is 32.3 Å². The van der Waals surface area contributed by atoms with Crippen LogP contribution in [0, 0.1) is 0 Å². The molecule has 0 aliphatic heterocycles. The standard InChI is InChI=1S/C16H22ClN3O/c1-3-8-20-11-13(10-19-20)21-16-7-5-6-15(17)14(16)9-12(18)4-2/h5-7,10-12H,3-4,8-9,18H2,1-2H3. The first-order valence-corrected chi connectivity index (χ1v) is 7.75. The van der Waals surface area contributed by atoms with Crippen LogP contribution in [0.5, 0.6) is 11.5 Å². The quantitative estimate of drug-likeness (QED) is 0.840. The van der Waals surface area contributed by atoms with Crippen molar-refractivity contribution in [2.24, 2.45) is 5.73 Å². The van der Waals surface area contributed by atoms with Gasteiger partial charge in [0.2, 0.25) is 0 Å². The molecule has 1 atom stereocenters. The molecule has 0 aliphatic carbocycles. The lowest BCUT2D eigenvalue weighted by Gasteiger charge is -2.14. The molecule has 0 bridgehead atoms. The number of nitrogens with zero attached hydrogens (tertiary/aromatic N) is 2. The molecule has 5 heteroatoms. The summed E-state index contributed by atoms with van der Waals surface area (Å²) < 4.78 is 7.81. The molecule has 1 aromatic heterocycles. The van der Waals surface area contributed by atoms with E-state index in [0.29, 0.717) is 11.4 Å². The van der Waals surface area contributed by atoms with Crippen molar-refractivity contribution in [2.75, 3.05) is 0 Å². The van der Waals surface area contributed by atoms with E-state index < -0.39 is 0 Å². The van der Waals surface area contributed by atoms with E-state index in [4.69, 9.17) is 22.1 Å². The molecule has 0 fully saturated rings. The average Bonchev–Trinajstić information content (AvgIpc) is 2.90. The molecule has 1 heterocycles. The highest BCUT2D eigenvalue weighted by Gasteiger charge is 2.13. The summed E-state index contributed by atoms with van der Waals surface area (Å²) in [4.78, 5) is 0. The summed E-state index contributed by atoms with van der Waals surface area (Å²) in [5, 5.41) is 4.96. The molecule has 0 saturated carbocycles. The van der Waals surface area contributed by atoms with Crippen molar-refractivity contribution in [3.63, 3.8) is 0 Å². The summed E-state index contributed by atoms with van der Waals surface area (Å²) in [6.45, 7) is 5.06. The van der Waals surface area contributed by atoms with E-state index in [0.717, 1.165) is 36.4 Å². The second-order valence-electron chi connectivity index (χ2n) is 5.13. The lowest BCUT2D eigenvalue weighted by Crippen LogP contribution is -2.21. The smallest absolute Gasteiger partial charge is 0.165 e. The molecule has 0 amide bonds. The Hall–Kier alpha value is -1.52. The molecule has 1 aromatic carbocycles. The summed E-state index contributed by atoms with van der Waals surface area (Å²) in [5.41, 5.74) is 7.00. The first-order valence-electron chi connectivity index (χ1n) is 7.37. The van der Waals surface area contributed by atoms with Crippen LogP contribution in [0.15, 0.2) is 30.6 Å². The van der Waals surface area contributed by atoms with Gasteiger partial charge in [-0.2, -0.15) is 5.10 Å². The Bertz CT molecular complexity index is 583.